The monoisotopic (exact) mass is 292 g/mol. The molecule has 1 aromatic carbocycles. The van der Waals surface area contributed by atoms with Gasteiger partial charge in [0.1, 0.15) is 11.8 Å². The minimum Gasteiger partial charge on any atom is -0.497 e. The Morgan fingerprint density at radius 3 is 2.76 bits per heavy atom. The summed E-state index contributed by atoms with van der Waals surface area (Å²) < 4.78 is 5.22. The van der Waals surface area contributed by atoms with Crippen LogP contribution in [0.25, 0.3) is 0 Å². The number of carboxylic acid groups (broad SMARTS) is 1. The minimum absolute atomic E-state index is 0.345. The number of nitrogens with one attached hydrogen (secondary N) is 1. The Kier molecular flexibility index (Phi) is 5.44. The molecule has 1 aliphatic heterocycles. The van der Waals surface area contributed by atoms with Crippen molar-refractivity contribution in [1.82, 2.24) is 4.90 Å². The maximum atomic E-state index is 11.2. The van der Waals surface area contributed by atoms with Crippen LogP contribution in [0.1, 0.15) is 26.2 Å². The highest BCUT2D eigenvalue weighted by Gasteiger charge is 2.28. The number of likely N-dealkylation sites (tertiary alicyclic amines) is 1. The first-order valence-electron chi connectivity index (χ1n) is 7.51. The van der Waals surface area contributed by atoms with Crippen LogP contribution in [0.5, 0.6) is 5.75 Å². The van der Waals surface area contributed by atoms with E-state index in [0.29, 0.717) is 12.5 Å². The molecule has 0 spiro atoms. The number of aliphatic carboxylic acids is 1. The predicted molar refractivity (Wildman–Crippen MR) is 82.9 cm³/mol. The van der Waals surface area contributed by atoms with Gasteiger partial charge in [-0.05, 0) is 31.4 Å². The second kappa shape index (κ2) is 7.31. The topological polar surface area (TPSA) is 61.8 Å². The van der Waals surface area contributed by atoms with Crippen LogP contribution in [0.3, 0.4) is 0 Å². The Bertz CT molecular complexity index is 470. The lowest BCUT2D eigenvalue weighted by Crippen LogP contribution is -2.47. The van der Waals surface area contributed by atoms with Gasteiger partial charge in [-0.25, -0.2) is 0 Å². The molecule has 1 aliphatic rings. The van der Waals surface area contributed by atoms with Gasteiger partial charge in [-0.15, -0.1) is 0 Å². The molecule has 1 heterocycles. The summed E-state index contributed by atoms with van der Waals surface area (Å²) >= 11 is 0. The Hall–Kier alpha value is -1.75. The highest BCUT2D eigenvalue weighted by Crippen LogP contribution is 2.22. The van der Waals surface area contributed by atoms with Gasteiger partial charge in [0.25, 0.3) is 0 Å². The van der Waals surface area contributed by atoms with Crippen molar-refractivity contribution < 1.29 is 14.6 Å². The third-order valence-electron chi connectivity index (χ3n) is 4.08. The molecule has 0 bridgehead atoms. The molecule has 1 saturated heterocycles. The maximum Gasteiger partial charge on any atom is 0.320 e. The van der Waals surface area contributed by atoms with Crippen molar-refractivity contribution in [3.8, 4) is 5.75 Å². The van der Waals surface area contributed by atoms with E-state index in [0.717, 1.165) is 37.4 Å². The molecule has 1 unspecified atom stereocenters. The average molecular weight is 292 g/mol. The smallest absolute Gasteiger partial charge is 0.320 e. The van der Waals surface area contributed by atoms with Crippen molar-refractivity contribution in [3.63, 3.8) is 0 Å². The van der Waals surface area contributed by atoms with Gasteiger partial charge in [-0.1, -0.05) is 13.0 Å². The van der Waals surface area contributed by atoms with E-state index in [9.17, 15) is 9.90 Å². The number of carbonyl (C=O) groups is 1. The summed E-state index contributed by atoms with van der Waals surface area (Å²) in [5.74, 6) is 0.131. The van der Waals surface area contributed by atoms with Gasteiger partial charge in [0, 0.05) is 30.9 Å². The summed E-state index contributed by atoms with van der Waals surface area (Å²) in [6, 6.07) is 7.95. The summed E-state index contributed by atoms with van der Waals surface area (Å²) in [4.78, 5) is 13.3. The standard InChI is InChI=1S/C16H24N2O3/c1-3-15(16(19)20)18-9-7-12(8-10-18)17-13-5-4-6-14(11-13)21-2/h4-6,11-12,15,17H,3,7-10H2,1-2H3,(H,19,20). The van der Waals surface area contributed by atoms with E-state index in [1.807, 2.05) is 31.2 Å². The second-order valence-corrected chi connectivity index (χ2v) is 5.45. The lowest BCUT2D eigenvalue weighted by molar-refractivity contribution is -0.143. The number of anilines is 1. The number of hydrogen-bond acceptors (Lipinski definition) is 4. The molecule has 0 aromatic heterocycles. The highest BCUT2D eigenvalue weighted by molar-refractivity contribution is 5.73. The summed E-state index contributed by atoms with van der Waals surface area (Å²) in [6.45, 7) is 3.58. The molecule has 116 valence electrons. The SMILES string of the molecule is CCC(C(=O)O)N1CCC(Nc2cccc(OC)c2)CC1. The predicted octanol–water partition coefficient (Wildman–Crippen LogP) is 2.43. The molecule has 1 fully saturated rings. The largest absolute Gasteiger partial charge is 0.497 e. The van der Waals surface area contributed by atoms with E-state index in [1.165, 1.54) is 0 Å². The average Bonchev–Trinajstić information content (AvgIpc) is 2.49. The molecule has 2 N–H and O–H groups in total. The van der Waals surface area contributed by atoms with Crippen LogP contribution in [0.2, 0.25) is 0 Å². The van der Waals surface area contributed by atoms with E-state index in [2.05, 4.69) is 10.2 Å². The van der Waals surface area contributed by atoms with Crippen molar-refractivity contribution in [3.05, 3.63) is 24.3 Å². The van der Waals surface area contributed by atoms with Crippen molar-refractivity contribution in [2.24, 2.45) is 0 Å². The van der Waals surface area contributed by atoms with E-state index in [4.69, 9.17) is 4.74 Å². The molecule has 5 heteroatoms. The van der Waals surface area contributed by atoms with Gasteiger partial charge in [0.2, 0.25) is 0 Å². The number of benzene rings is 1. The van der Waals surface area contributed by atoms with Gasteiger partial charge < -0.3 is 15.2 Å². The molecule has 0 amide bonds. The third kappa shape index (κ3) is 4.11. The Morgan fingerprint density at radius 2 is 2.19 bits per heavy atom. The van der Waals surface area contributed by atoms with E-state index >= 15 is 0 Å². The van der Waals surface area contributed by atoms with Crippen LogP contribution < -0.4 is 10.1 Å². The number of piperidine rings is 1. The number of nitrogens with zero attached hydrogens (tertiary/aromatic N) is 1. The van der Waals surface area contributed by atoms with Crippen LogP contribution >= 0.6 is 0 Å². The number of carboxylic acids is 1. The van der Waals surface area contributed by atoms with Gasteiger partial charge in [-0.2, -0.15) is 0 Å². The quantitative estimate of drug-likeness (QED) is 0.843. The second-order valence-electron chi connectivity index (χ2n) is 5.45. The van der Waals surface area contributed by atoms with Crippen molar-refractivity contribution in [1.29, 1.82) is 0 Å². The summed E-state index contributed by atoms with van der Waals surface area (Å²) in [6.07, 6.45) is 2.57. The van der Waals surface area contributed by atoms with Crippen LogP contribution in [0, 0.1) is 0 Å². The fourth-order valence-electron chi connectivity index (χ4n) is 2.89. The fraction of sp³-hybridized carbons (Fsp3) is 0.562. The zero-order valence-corrected chi connectivity index (χ0v) is 12.7. The zero-order chi connectivity index (χ0) is 15.2. The Balaban J connectivity index is 1.87. The van der Waals surface area contributed by atoms with E-state index in [1.54, 1.807) is 7.11 Å². The molecular weight excluding hydrogens is 268 g/mol. The van der Waals surface area contributed by atoms with Crippen LogP contribution in [0.15, 0.2) is 24.3 Å². The van der Waals surface area contributed by atoms with Gasteiger partial charge in [0.15, 0.2) is 0 Å². The lowest BCUT2D eigenvalue weighted by Gasteiger charge is -2.36. The maximum absolute atomic E-state index is 11.2. The minimum atomic E-state index is -0.711. The van der Waals surface area contributed by atoms with Gasteiger partial charge in [-0.3, -0.25) is 9.69 Å². The number of methoxy groups -OCH3 is 1. The first-order valence-corrected chi connectivity index (χ1v) is 7.51. The van der Waals surface area contributed by atoms with Crippen molar-refractivity contribution in [2.45, 2.75) is 38.3 Å². The highest BCUT2D eigenvalue weighted by atomic mass is 16.5. The van der Waals surface area contributed by atoms with Crippen LogP contribution in [-0.2, 0) is 4.79 Å². The normalized spacial score (nSPS) is 18.2. The zero-order valence-electron chi connectivity index (χ0n) is 12.7. The van der Waals surface area contributed by atoms with E-state index in [-0.39, 0.29) is 6.04 Å². The molecule has 1 atom stereocenters. The fourth-order valence-corrected chi connectivity index (χ4v) is 2.89. The summed E-state index contributed by atoms with van der Waals surface area (Å²) in [7, 11) is 1.66. The van der Waals surface area contributed by atoms with Crippen molar-refractivity contribution in [2.75, 3.05) is 25.5 Å². The molecule has 0 saturated carbocycles. The number of hydrogen-bond donors (Lipinski definition) is 2. The first-order chi connectivity index (χ1) is 10.1. The number of ether oxygens (including phenoxy) is 1. The van der Waals surface area contributed by atoms with Crippen LogP contribution in [0.4, 0.5) is 5.69 Å². The Labute approximate surface area is 125 Å². The molecule has 1 aromatic rings. The lowest BCUT2D eigenvalue weighted by atomic mass is 10.0. The first kappa shape index (κ1) is 15.6. The summed E-state index contributed by atoms with van der Waals surface area (Å²) in [5.41, 5.74) is 1.05. The van der Waals surface area contributed by atoms with Gasteiger partial charge >= 0.3 is 5.97 Å². The molecule has 0 aliphatic carbocycles. The molecular formula is C16H24N2O3. The van der Waals surface area contributed by atoms with E-state index < -0.39 is 5.97 Å². The molecule has 0 radical (unpaired) electrons. The van der Waals surface area contributed by atoms with Crippen molar-refractivity contribution >= 4 is 11.7 Å². The van der Waals surface area contributed by atoms with Crippen LogP contribution in [-0.4, -0.2) is 48.3 Å². The third-order valence-corrected chi connectivity index (χ3v) is 4.08. The van der Waals surface area contributed by atoms with Gasteiger partial charge in [0.05, 0.1) is 7.11 Å². The number of rotatable bonds is 6. The summed E-state index contributed by atoms with van der Waals surface area (Å²) in [5, 5.41) is 12.7. The molecule has 21 heavy (non-hydrogen) atoms. The molecule has 2 rings (SSSR count). The molecule has 5 nitrogen and oxygen atoms in total. The Morgan fingerprint density at radius 1 is 1.48 bits per heavy atom.